The summed E-state index contributed by atoms with van der Waals surface area (Å²) in [5.41, 5.74) is 10.6. The molecule has 0 N–H and O–H groups in total. The van der Waals surface area contributed by atoms with Crippen LogP contribution in [0.1, 0.15) is 22.3 Å². The van der Waals surface area contributed by atoms with E-state index in [4.69, 9.17) is 13.1 Å². The quantitative estimate of drug-likeness (QED) is 0.253. The molecule has 0 saturated heterocycles. The van der Waals surface area contributed by atoms with Crippen molar-refractivity contribution >= 4 is 11.4 Å². The molecule has 0 bridgehead atoms. The van der Waals surface area contributed by atoms with Crippen LogP contribution in [-0.4, -0.2) is 9.97 Å². The standard InChI is InChI=1S/C36H18N6/c1-39-31(19-37)35-27-17-23-15-22(30-8-4-6-14-42-30)10-12-26(23)34(27)36(32(20-38)40-2)28-18-24-16-21(9-11-25(24)33(28)35)29-7-3-5-13-41-29/h3-16H,17-18H2/b35-31-,36-32+. The number of nitrogens with zero attached hydrogens (tertiary/aromatic N) is 6. The van der Waals surface area contributed by atoms with Crippen molar-refractivity contribution in [3.05, 3.63) is 141 Å². The van der Waals surface area contributed by atoms with Crippen LogP contribution in [0.4, 0.5) is 0 Å². The average molecular weight is 535 g/mol. The smallest absolute Gasteiger partial charge is 0.256 e. The van der Waals surface area contributed by atoms with Crippen molar-refractivity contribution in [3.8, 4) is 56.9 Å². The molecule has 0 saturated carbocycles. The number of rotatable bonds is 2. The third kappa shape index (κ3) is 3.61. The fourth-order valence-electron chi connectivity index (χ4n) is 6.33. The molecule has 5 aromatic rings. The number of hydrogen-bond donors (Lipinski definition) is 0. The van der Waals surface area contributed by atoms with Crippen molar-refractivity contribution in [2.45, 2.75) is 12.8 Å². The SMILES string of the molecule is [C-]#[N+]/C(C#N)=c1/c2c(/c(=C(\C#N)[N+]#[C-])c3c1-c1ccc(-c4ccccn4)cc1C3)-c1ccc(-c3ccccn3)cc1C2. The highest BCUT2D eigenvalue weighted by molar-refractivity contribution is 5.93. The first-order valence-corrected chi connectivity index (χ1v) is 13.3. The van der Waals surface area contributed by atoms with Crippen molar-refractivity contribution in [1.29, 1.82) is 10.5 Å². The van der Waals surface area contributed by atoms with Crippen LogP contribution in [0.15, 0.2) is 85.2 Å². The van der Waals surface area contributed by atoms with E-state index in [-0.39, 0.29) is 11.4 Å². The molecular formula is C36H18N6. The van der Waals surface area contributed by atoms with Gasteiger partial charge in [-0.15, -0.1) is 0 Å². The van der Waals surface area contributed by atoms with Gasteiger partial charge in [-0.1, -0.05) is 36.4 Å². The first kappa shape index (κ1) is 24.7. The highest BCUT2D eigenvalue weighted by Crippen LogP contribution is 2.42. The largest absolute Gasteiger partial charge is 0.269 e. The molecule has 0 spiro atoms. The van der Waals surface area contributed by atoms with Crippen molar-refractivity contribution in [3.63, 3.8) is 0 Å². The van der Waals surface area contributed by atoms with Gasteiger partial charge in [-0.25, -0.2) is 20.2 Å². The van der Waals surface area contributed by atoms with Crippen LogP contribution in [0.3, 0.4) is 0 Å². The molecule has 2 heterocycles. The molecule has 0 amide bonds. The Labute approximate surface area is 242 Å². The first-order valence-electron chi connectivity index (χ1n) is 13.3. The molecule has 0 aliphatic heterocycles. The van der Waals surface area contributed by atoms with E-state index in [1.54, 1.807) is 12.4 Å². The summed E-state index contributed by atoms with van der Waals surface area (Å²) in [6, 6.07) is 28.0. The third-order valence-corrected chi connectivity index (χ3v) is 8.02. The van der Waals surface area contributed by atoms with Crippen LogP contribution >= 0.6 is 0 Å². The van der Waals surface area contributed by atoms with Crippen LogP contribution in [0.25, 0.3) is 65.9 Å². The fourth-order valence-corrected chi connectivity index (χ4v) is 6.33. The Morgan fingerprint density at radius 2 is 1.10 bits per heavy atom. The number of hydrogen-bond acceptors (Lipinski definition) is 4. The molecule has 2 aromatic heterocycles. The summed E-state index contributed by atoms with van der Waals surface area (Å²) < 4.78 is 0. The van der Waals surface area contributed by atoms with Crippen molar-refractivity contribution in [2.24, 2.45) is 0 Å². The minimum absolute atomic E-state index is 0.00905. The van der Waals surface area contributed by atoms with Crippen LogP contribution in [0, 0.1) is 35.8 Å². The number of aromatic nitrogens is 2. The van der Waals surface area contributed by atoms with Crippen LogP contribution in [0.5, 0.6) is 0 Å². The van der Waals surface area contributed by atoms with Crippen LogP contribution in [-0.2, 0) is 12.8 Å². The van der Waals surface area contributed by atoms with Crippen LogP contribution in [0.2, 0.25) is 0 Å². The lowest BCUT2D eigenvalue weighted by Gasteiger charge is -2.13. The zero-order valence-corrected chi connectivity index (χ0v) is 22.2. The Morgan fingerprint density at radius 3 is 1.45 bits per heavy atom. The lowest BCUT2D eigenvalue weighted by molar-refractivity contribution is 1.20. The third-order valence-electron chi connectivity index (χ3n) is 8.02. The summed E-state index contributed by atoms with van der Waals surface area (Å²) >= 11 is 0. The van der Waals surface area contributed by atoms with E-state index in [9.17, 15) is 10.5 Å². The second-order valence-electron chi connectivity index (χ2n) is 10.1. The Hall–Kier alpha value is -6.34. The second-order valence-corrected chi connectivity index (χ2v) is 10.1. The van der Waals surface area contributed by atoms with E-state index in [1.165, 1.54) is 0 Å². The lowest BCUT2D eigenvalue weighted by Crippen LogP contribution is -2.25. The van der Waals surface area contributed by atoms with Gasteiger partial charge in [0.15, 0.2) is 0 Å². The molecule has 3 aromatic carbocycles. The maximum absolute atomic E-state index is 10.1. The summed E-state index contributed by atoms with van der Waals surface area (Å²) in [7, 11) is 0. The maximum Gasteiger partial charge on any atom is 0.269 e. The van der Waals surface area contributed by atoms with E-state index >= 15 is 0 Å². The van der Waals surface area contributed by atoms with Gasteiger partial charge in [0.2, 0.25) is 0 Å². The topological polar surface area (TPSA) is 82.1 Å². The predicted octanol–water partition coefficient (Wildman–Crippen LogP) is 6.06. The minimum Gasteiger partial charge on any atom is -0.256 e. The van der Waals surface area contributed by atoms with E-state index in [0.29, 0.717) is 23.3 Å². The molecule has 0 unspecified atom stereocenters. The number of fused-ring (bicyclic) bond motifs is 6. The zero-order valence-electron chi connectivity index (χ0n) is 22.2. The maximum atomic E-state index is 10.1. The normalized spacial score (nSPS) is 13.2. The predicted molar refractivity (Wildman–Crippen MR) is 160 cm³/mol. The van der Waals surface area contributed by atoms with Crippen LogP contribution < -0.4 is 10.4 Å². The summed E-state index contributed by atoms with van der Waals surface area (Å²) in [5, 5.41) is 21.5. The van der Waals surface area contributed by atoms with Gasteiger partial charge >= 0.3 is 0 Å². The molecule has 6 heteroatoms. The molecule has 0 atom stereocenters. The van der Waals surface area contributed by atoms with Gasteiger partial charge in [0, 0.05) is 34.0 Å². The molecule has 2 aliphatic rings. The summed E-state index contributed by atoms with van der Waals surface area (Å²) in [6.07, 6.45) is 4.45. The Balaban J connectivity index is 1.57. The highest BCUT2D eigenvalue weighted by Gasteiger charge is 2.32. The summed E-state index contributed by atoms with van der Waals surface area (Å²) in [5.74, 6) is 0. The Bertz CT molecular complexity index is 2080. The minimum atomic E-state index is 0.00905. The molecule has 42 heavy (non-hydrogen) atoms. The second kappa shape index (κ2) is 9.69. The van der Waals surface area contributed by atoms with Gasteiger partial charge in [-0.05, 0) is 93.7 Å². The molecule has 192 valence electrons. The van der Waals surface area contributed by atoms with Gasteiger partial charge in [-0.3, -0.25) is 9.97 Å². The Morgan fingerprint density at radius 1 is 0.643 bits per heavy atom. The van der Waals surface area contributed by atoms with Gasteiger partial charge in [0.05, 0.1) is 36.7 Å². The van der Waals surface area contributed by atoms with Crippen molar-refractivity contribution < 1.29 is 0 Å². The van der Waals surface area contributed by atoms with Crippen molar-refractivity contribution in [2.75, 3.05) is 0 Å². The summed E-state index contributed by atoms with van der Waals surface area (Å²) in [4.78, 5) is 16.3. The van der Waals surface area contributed by atoms with Gasteiger partial charge in [-0.2, -0.15) is 0 Å². The van der Waals surface area contributed by atoms with Crippen molar-refractivity contribution in [1.82, 2.24) is 9.97 Å². The number of benzene rings is 3. The number of nitriles is 2. The van der Waals surface area contributed by atoms with Gasteiger partial charge in [0.1, 0.15) is 0 Å². The van der Waals surface area contributed by atoms with E-state index in [0.717, 1.165) is 67.0 Å². The number of pyridine rings is 2. The molecular weight excluding hydrogens is 516 g/mol. The lowest BCUT2D eigenvalue weighted by atomic mass is 9.90. The molecule has 7 rings (SSSR count). The summed E-state index contributed by atoms with van der Waals surface area (Å²) in [6.45, 7) is 15.8. The molecule has 2 aliphatic carbocycles. The van der Waals surface area contributed by atoms with Gasteiger partial charge < -0.3 is 0 Å². The van der Waals surface area contributed by atoms with E-state index < -0.39 is 0 Å². The Kier molecular flexibility index (Phi) is 5.69. The average Bonchev–Trinajstić information content (AvgIpc) is 3.61. The first-order chi connectivity index (χ1) is 20.7. The molecule has 0 radical (unpaired) electrons. The van der Waals surface area contributed by atoms with E-state index in [2.05, 4.69) is 43.9 Å². The van der Waals surface area contributed by atoms with Gasteiger partial charge in [0.25, 0.3) is 11.4 Å². The highest BCUT2D eigenvalue weighted by atomic mass is 14.7. The molecule has 6 nitrogen and oxygen atoms in total. The van der Waals surface area contributed by atoms with E-state index in [1.807, 2.05) is 60.7 Å². The fraction of sp³-hybridized carbons (Fsp3) is 0.0556. The zero-order chi connectivity index (χ0) is 28.8. The monoisotopic (exact) mass is 534 g/mol. The molecule has 0 fully saturated rings.